The topological polar surface area (TPSA) is 38.3 Å². The molecule has 0 atom stereocenters. The smallest absolute Gasteiger partial charge is 0.143 e. The lowest BCUT2D eigenvalue weighted by atomic mass is 9.99. The van der Waals surface area contributed by atoms with E-state index in [2.05, 4.69) is 115 Å². The molecule has 0 fully saturated rings. The van der Waals surface area contributed by atoms with E-state index in [1.165, 1.54) is 10.9 Å². The number of rotatable bonds is 4. The number of benzene rings is 5. The van der Waals surface area contributed by atoms with Crippen LogP contribution in [0.15, 0.2) is 124 Å². The van der Waals surface area contributed by atoms with Gasteiger partial charge in [-0.05, 0) is 47.9 Å². The van der Waals surface area contributed by atoms with Gasteiger partial charge in [-0.1, -0.05) is 91.0 Å². The first-order chi connectivity index (χ1) is 19.3. The molecule has 5 aromatic carbocycles. The van der Waals surface area contributed by atoms with Crippen molar-refractivity contribution in [2.24, 2.45) is 0 Å². The Balaban J connectivity index is 1.06. The second kappa shape index (κ2) is 8.78. The van der Waals surface area contributed by atoms with E-state index in [9.17, 15) is 0 Å². The molecule has 0 saturated heterocycles. The predicted octanol–water partition coefficient (Wildman–Crippen LogP) is 10.4. The van der Waals surface area contributed by atoms with Crippen molar-refractivity contribution in [3.8, 4) is 22.3 Å². The molecule has 3 heteroatoms. The number of hydrogen-bond acceptors (Lipinski definition) is 3. The number of hydrogen-bond donors (Lipinski definition) is 1. The standard InChI is InChI=1S/C36H25NO2/c1-3-13-33-29(7-1)31-11-5-9-27(35(31)38-33)23-15-19-25(20-16-23)37-26-21-17-24(18-22-26)28-10-6-12-32-30-8-2-4-14-34(30)39-36(28)32/h1-3,5-13,15-22,37H,4,14H2. The summed E-state index contributed by atoms with van der Waals surface area (Å²) in [4.78, 5) is 0. The zero-order chi connectivity index (χ0) is 25.8. The summed E-state index contributed by atoms with van der Waals surface area (Å²) >= 11 is 0. The van der Waals surface area contributed by atoms with E-state index in [1.54, 1.807) is 0 Å². The van der Waals surface area contributed by atoms with Gasteiger partial charge in [0.2, 0.25) is 0 Å². The minimum Gasteiger partial charge on any atom is -0.460 e. The zero-order valence-corrected chi connectivity index (χ0v) is 21.3. The maximum atomic E-state index is 6.32. The molecule has 8 rings (SSSR count). The number of para-hydroxylation sites is 3. The summed E-state index contributed by atoms with van der Waals surface area (Å²) in [5.41, 5.74) is 10.6. The van der Waals surface area contributed by atoms with Crippen LogP contribution in [0.2, 0.25) is 0 Å². The summed E-state index contributed by atoms with van der Waals surface area (Å²) in [7, 11) is 0. The van der Waals surface area contributed by atoms with Gasteiger partial charge >= 0.3 is 0 Å². The summed E-state index contributed by atoms with van der Waals surface area (Å²) in [6.07, 6.45) is 6.44. The molecule has 1 N–H and O–H groups in total. The van der Waals surface area contributed by atoms with Gasteiger partial charge < -0.3 is 14.2 Å². The van der Waals surface area contributed by atoms with Crippen molar-refractivity contribution in [3.63, 3.8) is 0 Å². The Morgan fingerprint density at radius 3 is 1.87 bits per heavy atom. The minimum atomic E-state index is 0.918. The number of furan rings is 2. The molecule has 0 unspecified atom stereocenters. The van der Waals surface area contributed by atoms with Crippen molar-refractivity contribution >= 4 is 50.4 Å². The van der Waals surface area contributed by atoms with Gasteiger partial charge in [0.05, 0.1) is 0 Å². The van der Waals surface area contributed by atoms with Gasteiger partial charge in [0.1, 0.15) is 22.5 Å². The SMILES string of the molecule is C1=Cc2c(oc3c(-c4ccc(Nc5ccc(-c6cccc7c6oc6ccccc67)cc5)cc4)cccc23)CC1. The van der Waals surface area contributed by atoms with Crippen molar-refractivity contribution in [2.45, 2.75) is 12.8 Å². The molecule has 0 aliphatic heterocycles. The van der Waals surface area contributed by atoms with Crippen LogP contribution in [0, 0.1) is 0 Å². The highest BCUT2D eigenvalue weighted by molar-refractivity contribution is 6.09. The largest absolute Gasteiger partial charge is 0.460 e. The molecule has 39 heavy (non-hydrogen) atoms. The first-order valence-electron chi connectivity index (χ1n) is 13.4. The summed E-state index contributed by atoms with van der Waals surface area (Å²) in [6.45, 7) is 0. The normalized spacial score (nSPS) is 12.8. The Bertz CT molecular complexity index is 2020. The summed E-state index contributed by atoms with van der Waals surface area (Å²) in [5.74, 6) is 1.10. The highest BCUT2D eigenvalue weighted by Gasteiger charge is 2.17. The molecule has 7 aromatic rings. The van der Waals surface area contributed by atoms with Crippen molar-refractivity contribution in [1.82, 2.24) is 0 Å². The number of anilines is 2. The molecule has 0 amide bonds. The molecule has 0 saturated carbocycles. The van der Waals surface area contributed by atoms with E-state index < -0.39 is 0 Å². The third-order valence-electron chi connectivity index (χ3n) is 7.74. The summed E-state index contributed by atoms with van der Waals surface area (Å²) in [5, 5.41) is 7.03. The van der Waals surface area contributed by atoms with Crippen molar-refractivity contribution in [3.05, 3.63) is 127 Å². The molecule has 0 spiro atoms. The maximum Gasteiger partial charge on any atom is 0.143 e. The molecule has 1 aliphatic carbocycles. The Morgan fingerprint density at radius 1 is 0.538 bits per heavy atom. The van der Waals surface area contributed by atoms with Crippen molar-refractivity contribution in [1.29, 1.82) is 0 Å². The third kappa shape index (κ3) is 3.66. The van der Waals surface area contributed by atoms with E-state index >= 15 is 0 Å². The number of aryl methyl sites for hydroxylation is 1. The molecule has 2 aromatic heterocycles. The molecule has 2 heterocycles. The lowest BCUT2D eigenvalue weighted by molar-refractivity contribution is 0.547. The molecule has 0 bridgehead atoms. The average Bonchev–Trinajstić information content (AvgIpc) is 3.57. The van der Waals surface area contributed by atoms with Crippen LogP contribution in [0.25, 0.3) is 61.2 Å². The van der Waals surface area contributed by atoms with Gasteiger partial charge in [-0.15, -0.1) is 0 Å². The van der Waals surface area contributed by atoms with Crippen molar-refractivity contribution in [2.75, 3.05) is 5.32 Å². The molecule has 0 radical (unpaired) electrons. The Labute approximate surface area is 226 Å². The highest BCUT2D eigenvalue weighted by Crippen LogP contribution is 2.38. The maximum absolute atomic E-state index is 6.32. The van der Waals surface area contributed by atoms with Crippen LogP contribution in [0.3, 0.4) is 0 Å². The van der Waals surface area contributed by atoms with Crippen LogP contribution in [0.5, 0.6) is 0 Å². The lowest BCUT2D eigenvalue weighted by Crippen LogP contribution is -1.90. The van der Waals surface area contributed by atoms with E-state index in [0.29, 0.717) is 0 Å². The molecular weight excluding hydrogens is 478 g/mol. The van der Waals surface area contributed by atoms with E-state index in [-0.39, 0.29) is 0 Å². The molecule has 1 aliphatic rings. The van der Waals surface area contributed by atoms with Crippen LogP contribution >= 0.6 is 0 Å². The zero-order valence-electron chi connectivity index (χ0n) is 21.3. The van der Waals surface area contributed by atoms with Gasteiger partial charge in [0.15, 0.2) is 0 Å². The van der Waals surface area contributed by atoms with Gasteiger partial charge in [-0.2, -0.15) is 0 Å². The number of nitrogens with one attached hydrogen (secondary N) is 1. The van der Waals surface area contributed by atoms with E-state index in [1.807, 2.05) is 12.1 Å². The fourth-order valence-corrected chi connectivity index (χ4v) is 5.81. The van der Waals surface area contributed by atoms with Crippen LogP contribution in [0.4, 0.5) is 11.4 Å². The summed E-state index contributed by atoms with van der Waals surface area (Å²) < 4.78 is 12.6. The first kappa shape index (κ1) is 22.0. The van der Waals surface area contributed by atoms with Crippen LogP contribution in [0.1, 0.15) is 17.7 Å². The minimum absolute atomic E-state index is 0.918. The predicted molar refractivity (Wildman–Crippen MR) is 161 cm³/mol. The number of fused-ring (bicyclic) bond motifs is 6. The Morgan fingerprint density at radius 2 is 1.15 bits per heavy atom. The Kier molecular flexibility index (Phi) is 4.95. The van der Waals surface area contributed by atoms with Crippen LogP contribution in [-0.4, -0.2) is 0 Å². The van der Waals surface area contributed by atoms with E-state index in [4.69, 9.17) is 8.83 Å². The van der Waals surface area contributed by atoms with Crippen molar-refractivity contribution < 1.29 is 8.83 Å². The van der Waals surface area contributed by atoms with Gasteiger partial charge in [-0.3, -0.25) is 0 Å². The van der Waals surface area contributed by atoms with Crippen LogP contribution in [-0.2, 0) is 6.42 Å². The van der Waals surface area contributed by atoms with Gasteiger partial charge in [0.25, 0.3) is 0 Å². The fourth-order valence-electron chi connectivity index (χ4n) is 5.81. The first-order valence-corrected chi connectivity index (χ1v) is 13.4. The number of allylic oxidation sites excluding steroid dienone is 1. The third-order valence-corrected chi connectivity index (χ3v) is 7.74. The van der Waals surface area contributed by atoms with Gasteiger partial charge in [-0.25, -0.2) is 0 Å². The quantitative estimate of drug-likeness (QED) is 0.260. The monoisotopic (exact) mass is 503 g/mol. The van der Waals surface area contributed by atoms with Crippen LogP contribution < -0.4 is 5.32 Å². The lowest BCUT2D eigenvalue weighted by Gasteiger charge is -2.10. The molecule has 3 nitrogen and oxygen atoms in total. The molecular formula is C36H25NO2. The highest BCUT2D eigenvalue weighted by atomic mass is 16.3. The van der Waals surface area contributed by atoms with E-state index in [0.717, 1.165) is 79.8 Å². The fraction of sp³-hybridized carbons (Fsp3) is 0.0556. The molecule has 186 valence electrons. The second-order valence-corrected chi connectivity index (χ2v) is 10.1. The summed E-state index contributed by atoms with van der Waals surface area (Å²) in [6, 6.07) is 38.1. The Hall–Kier alpha value is -5.02. The average molecular weight is 504 g/mol. The van der Waals surface area contributed by atoms with Gasteiger partial charge in [0, 0.05) is 50.6 Å². The second-order valence-electron chi connectivity index (χ2n) is 10.1.